The van der Waals surface area contributed by atoms with Gasteiger partial charge in [0, 0.05) is 0 Å². The van der Waals surface area contributed by atoms with E-state index in [1.165, 1.54) is 0 Å². The van der Waals surface area contributed by atoms with Crippen LogP contribution in [0.3, 0.4) is 0 Å². The van der Waals surface area contributed by atoms with Crippen molar-refractivity contribution in [2.45, 2.75) is 19.3 Å². The number of nitrogens with two attached hydrogens (primary N) is 1. The van der Waals surface area contributed by atoms with E-state index in [1.807, 2.05) is 0 Å². The van der Waals surface area contributed by atoms with Gasteiger partial charge in [0.05, 0.1) is 5.75 Å². The highest BCUT2D eigenvalue weighted by Crippen LogP contribution is 2.14. The summed E-state index contributed by atoms with van der Waals surface area (Å²) < 4.78 is 21.5. The van der Waals surface area contributed by atoms with E-state index in [9.17, 15) is 8.42 Å². The second-order valence-electron chi connectivity index (χ2n) is 3.38. The zero-order valence-electron chi connectivity index (χ0n) is 7.12. The van der Waals surface area contributed by atoms with Gasteiger partial charge in [0.2, 0.25) is 10.0 Å². The molecule has 1 atom stereocenters. The Morgan fingerprint density at radius 2 is 2.08 bits per heavy atom. The van der Waals surface area contributed by atoms with Crippen LogP contribution in [0.2, 0.25) is 0 Å². The van der Waals surface area contributed by atoms with Crippen molar-refractivity contribution in [1.82, 2.24) is 5.32 Å². The van der Waals surface area contributed by atoms with Gasteiger partial charge in [-0.1, -0.05) is 0 Å². The van der Waals surface area contributed by atoms with Gasteiger partial charge < -0.3 is 5.32 Å². The van der Waals surface area contributed by atoms with Crippen molar-refractivity contribution in [3.63, 3.8) is 0 Å². The Labute approximate surface area is 73.6 Å². The highest BCUT2D eigenvalue weighted by molar-refractivity contribution is 7.89. The minimum absolute atomic E-state index is 0.147. The third-order valence-corrected chi connectivity index (χ3v) is 3.10. The molecule has 1 fully saturated rings. The molecule has 1 aliphatic heterocycles. The average Bonchev–Trinajstić information content (AvgIpc) is 2.12. The third-order valence-electron chi connectivity index (χ3n) is 2.16. The molecule has 12 heavy (non-hydrogen) atoms. The first-order valence-corrected chi connectivity index (χ1v) is 6.00. The Morgan fingerprint density at radius 3 is 2.75 bits per heavy atom. The Hall–Kier alpha value is -0.130. The summed E-state index contributed by atoms with van der Waals surface area (Å²) in [6.07, 6.45) is 2.96. The SMILES string of the molecule is NS(=O)(=O)CC1CCCNCC1. The predicted octanol–water partition coefficient (Wildman–Crippen LogP) is -0.335. The highest BCUT2D eigenvalue weighted by Gasteiger charge is 2.16. The first-order chi connectivity index (χ1) is 5.58. The number of rotatable bonds is 2. The van der Waals surface area contributed by atoms with Crippen LogP contribution in [0.1, 0.15) is 19.3 Å². The van der Waals surface area contributed by atoms with Crippen molar-refractivity contribution >= 4 is 10.0 Å². The van der Waals surface area contributed by atoms with E-state index in [2.05, 4.69) is 5.32 Å². The summed E-state index contributed by atoms with van der Waals surface area (Å²) >= 11 is 0. The molecule has 1 rings (SSSR count). The number of sulfonamides is 1. The van der Waals surface area contributed by atoms with Crippen molar-refractivity contribution in [2.24, 2.45) is 11.1 Å². The van der Waals surface area contributed by atoms with E-state index in [0.29, 0.717) is 0 Å². The largest absolute Gasteiger partial charge is 0.317 e. The lowest BCUT2D eigenvalue weighted by atomic mass is 10.0. The molecule has 3 N–H and O–H groups in total. The maximum absolute atomic E-state index is 10.8. The van der Waals surface area contributed by atoms with Gasteiger partial charge in [0.1, 0.15) is 0 Å². The smallest absolute Gasteiger partial charge is 0.209 e. The Kier molecular flexibility index (Phi) is 3.49. The molecule has 1 heterocycles. The fourth-order valence-corrected chi connectivity index (χ4v) is 2.58. The number of hydrogen-bond acceptors (Lipinski definition) is 3. The van der Waals surface area contributed by atoms with E-state index < -0.39 is 10.0 Å². The third kappa shape index (κ3) is 4.04. The second-order valence-corrected chi connectivity index (χ2v) is 5.04. The Morgan fingerprint density at radius 1 is 1.33 bits per heavy atom. The molecular weight excluding hydrogens is 176 g/mol. The van der Waals surface area contributed by atoms with Gasteiger partial charge in [0.15, 0.2) is 0 Å². The Balaban J connectivity index is 2.40. The molecule has 0 aliphatic carbocycles. The van der Waals surface area contributed by atoms with E-state index >= 15 is 0 Å². The predicted molar refractivity (Wildman–Crippen MR) is 48.2 cm³/mol. The van der Waals surface area contributed by atoms with E-state index in [0.717, 1.165) is 32.4 Å². The highest BCUT2D eigenvalue weighted by atomic mass is 32.2. The summed E-state index contributed by atoms with van der Waals surface area (Å²) in [5.41, 5.74) is 0. The summed E-state index contributed by atoms with van der Waals surface area (Å²) in [6, 6.07) is 0. The minimum atomic E-state index is -3.27. The monoisotopic (exact) mass is 192 g/mol. The van der Waals surface area contributed by atoms with Crippen LogP contribution in [0, 0.1) is 5.92 Å². The molecule has 1 unspecified atom stereocenters. The fourth-order valence-electron chi connectivity index (χ4n) is 1.59. The lowest BCUT2D eigenvalue weighted by Gasteiger charge is -2.10. The lowest BCUT2D eigenvalue weighted by Crippen LogP contribution is -2.23. The topological polar surface area (TPSA) is 72.2 Å². The van der Waals surface area contributed by atoms with E-state index in [1.54, 1.807) is 0 Å². The summed E-state index contributed by atoms with van der Waals surface area (Å²) in [6.45, 7) is 1.92. The molecule has 72 valence electrons. The van der Waals surface area contributed by atoms with Crippen LogP contribution >= 0.6 is 0 Å². The summed E-state index contributed by atoms with van der Waals surface area (Å²) in [5.74, 6) is 0.407. The quantitative estimate of drug-likeness (QED) is 0.629. The molecule has 0 aromatic carbocycles. The van der Waals surface area contributed by atoms with Crippen molar-refractivity contribution < 1.29 is 8.42 Å². The van der Waals surface area contributed by atoms with E-state index in [4.69, 9.17) is 5.14 Å². The summed E-state index contributed by atoms with van der Waals surface area (Å²) in [7, 11) is -3.27. The van der Waals surface area contributed by atoms with Crippen molar-refractivity contribution in [1.29, 1.82) is 0 Å². The van der Waals surface area contributed by atoms with Gasteiger partial charge in [0.25, 0.3) is 0 Å². The minimum Gasteiger partial charge on any atom is -0.317 e. The van der Waals surface area contributed by atoms with Gasteiger partial charge in [-0.25, -0.2) is 13.6 Å². The maximum Gasteiger partial charge on any atom is 0.209 e. The van der Waals surface area contributed by atoms with Crippen molar-refractivity contribution in [3.8, 4) is 0 Å². The Bertz CT molecular complexity index is 218. The van der Waals surface area contributed by atoms with Crippen LogP contribution < -0.4 is 10.5 Å². The molecule has 5 heteroatoms. The molecule has 0 amide bonds. The first-order valence-electron chi connectivity index (χ1n) is 4.29. The average molecular weight is 192 g/mol. The van der Waals surface area contributed by atoms with Crippen LogP contribution in [0.5, 0.6) is 0 Å². The van der Waals surface area contributed by atoms with Gasteiger partial charge >= 0.3 is 0 Å². The summed E-state index contributed by atoms with van der Waals surface area (Å²) in [5, 5.41) is 8.20. The molecule has 1 aliphatic rings. The normalized spacial score (nSPS) is 26.6. The molecule has 0 radical (unpaired) electrons. The molecule has 0 spiro atoms. The standard InChI is InChI=1S/C7H16N2O2S/c8-12(10,11)6-7-2-1-4-9-5-3-7/h7,9H,1-6H2,(H2,8,10,11). The van der Waals surface area contributed by atoms with Crippen LogP contribution in [-0.4, -0.2) is 27.3 Å². The fraction of sp³-hybridized carbons (Fsp3) is 1.00. The van der Waals surface area contributed by atoms with Gasteiger partial charge in [-0.3, -0.25) is 0 Å². The maximum atomic E-state index is 10.8. The van der Waals surface area contributed by atoms with Crippen LogP contribution in [0.4, 0.5) is 0 Å². The molecule has 0 aromatic heterocycles. The molecule has 0 aromatic rings. The molecule has 4 nitrogen and oxygen atoms in total. The van der Waals surface area contributed by atoms with Crippen molar-refractivity contribution in [3.05, 3.63) is 0 Å². The second kappa shape index (κ2) is 4.20. The van der Waals surface area contributed by atoms with Crippen molar-refractivity contribution in [2.75, 3.05) is 18.8 Å². The zero-order valence-corrected chi connectivity index (χ0v) is 7.94. The van der Waals surface area contributed by atoms with Gasteiger partial charge in [-0.2, -0.15) is 0 Å². The molecular formula is C7H16N2O2S. The summed E-state index contributed by atoms with van der Waals surface area (Å²) in [4.78, 5) is 0. The first kappa shape index (κ1) is 9.95. The van der Waals surface area contributed by atoms with E-state index in [-0.39, 0.29) is 11.7 Å². The number of primary sulfonamides is 1. The van der Waals surface area contributed by atoms with Crippen LogP contribution in [0.25, 0.3) is 0 Å². The molecule has 1 saturated heterocycles. The molecule has 0 bridgehead atoms. The number of nitrogens with one attached hydrogen (secondary N) is 1. The van der Waals surface area contributed by atoms with Gasteiger partial charge in [-0.15, -0.1) is 0 Å². The van der Waals surface area contributed by atoms with Gasteiger partial charge in [-0.05, 0) is 38.3 Å². The lowest BCUT2D eigenvalue weighted by molar-refractivity contribution is 0.506. The van der Waals surface area contributed by atoms with Crippen LogP contribution in [-0.2, 0) is 10.0 Å². The van der Waals surface area contributed by atoms with Crippen LogP contribution in [0.15, 0.2) is 0 Å². The number of hydrogen-bond donors (Lipinski definition) is 2. The molecule has 0 saturated carbocycles. The zero-order chi connectivity index (χ0) is 9.03.